The maximum absolute atomic E-state index is 13.0. The Morgan fingerprint density at radius 1 is 1.15 bits per heavy atom. The van der Waals surface area contributed by atoms with Gasteiger partial charge in [-0.15, -0.1) is 0 Å². The average molecular weight is 452 g/mol. The van der Waals surface area contributed by atoms with Gasteiger partial charge in [-0.2, -0.15) is 0 Å². The van der Waals surface area contributed by atoms with Gasteiger partial charge in [0.05, 0.1) is 32.5 Å². The monoisotopic (exact) mass is 451 g/mol. The molecule has 3 aromatic rings. The number of anilines is 1. The van der Waals surface area contributed by atoms with Gasteiger partial charge >= 0.3 is 0 Å². The third-order valence-corrected chi connectivity index (χ3v) is 5.77. The normalized spacial score (nSPS) is 14.7. The lowest BCUT2D eigenvalue weighted by Gasteiger charge is -2.19. The fraction of sp³-hybridized carbons (Fsp3) is 0.375. The summed E-state index contributed by atoms with van der Waals surface area (Å²) < 4.78 is 16.2. The van der Waals surface area contributed by atoms with E-state index in [4.69, 9.17) is 19.2 Å². The van der Waals surface area contributed by atoms with Gasteiger partial charge in [0.25, 0.3) is 5.56 Å². The van der Waals surface area contributed by atoms with E-state index in [1.807, 2.05) is 30.1 Å². The molecule has 1 saturated heterocycles. The van der Waals surface area contributed by atoms with Crippen molar-refractivity contribution in [1.29, 1.82) is 0 Å². The zero-order valence-electron chi connectivity index (χ0n) is 19.6. The summed E-state index contributed by atoms with van der Waals surface area (Å²) in [4.78, 5) is 29.4. The second-order valence-electron chi connectivity index (χ2n) is 8.01. The highest BCUT2D eigenvalue weighted by atomic mass is 16.5. The van der Waals surface area contributed by atoms with Crippen molar-refractivity contribution in [2.75, 3.05) is 46.9 Å². The molecule has 9 nitrogen and oxygen atoms in total. The fourth-order valence-electron chi connectivity index (χ4n) is 4.10. The number of hydrogen-bond donors (Lipinski definition) is 1. The molecule has 0 spiro atoms. The molecule has 1 aromatic heterocycles. The number of benzene rings is 2. The number of aromatic amines is 1. The number of aliphatic imine (C=N–C) groups is 1. The van der Waals surface area contributed by atoms with Crippen LogP contribution in [0.4, 0.5) is 11.6 Å². The molecule has 0 unspecified atom stereocenters. The highest BCUT2D eigenvalue weighted by Gasteiger charge is 2.21. The van der Waals surface area contributed by atoms with Gasteiger partial charge < -0.3 is 24.0 Å². The third kappa shape index (κ3) is 4.44. The Hall–Kier alpha value is -3.75. The number of hydrogen-bond acceptors (Lipinski definition) is 7. The number of nitrogens with one attached hydrogen (secondary N) is 1. The van der Waals surface area contributed by atoms with Gasteiger partial charge in [0.1, 0.15) is 11.2 Å². The number of ether oxygens (including phenoxy) is 3. The lowest BCUT2D eigenvalue weighted by molar-refractivity contribution is 0.327. The standard InChI is InChI=1S/C24H29N5O4/c1-28-11-7-10-19(28)25-16-9-6-8-15(12-16)14-29(2)24-26-17-13-18(31-3)21(32-4)22(33-5)20(17)23(30)27-24/h6,8-9,12-13H,7,10-11,14H2,1-5H3,(H,26,27,30). The Kier molecular flexibility index (Phi) is 6.39. The van der Waals surface area contributed by atoms with Crippen molar-refractivity contribution >= 4 is 28.4 Å². The zero-order valence-corrected chi connectivity index (χ0v) is 19.6. The summed E-state index contributed by atoms with van der Waals surface area (Å²) in [6, 6.07) is 9.78. The van der Waals surface area contributed by atoms with Gasteiger partial charge in [-0.3, -0.25) is 9.78 Å². The van der Waals surface area contributed by atoms with Crippen LogP contribution in [0.3, 0.4) is 0 Å². The van der Waals surface area contributed by atoms with Crippen molar-refractivity contribution in [2.24, 2.45) is 4.99 Å². The summed E-state index contributed by atoms with van der Waals surface area (Å²) >= 11 is 0. The highest BCUT2D eigenvalue weighted by Crippen LogP contribution is 2.41. The molecule has 1 N–H and O–H groups in total. The van der Waals surface area contributed by atoms with E-state index in [0.717, 1.165) is 36.5 Å². The smallest absolute Gasteiger partial charge is 0.264 e. The van der Waals surface area contributed by atoms with Crippen LogP contribution in [0.5, 0.6) is 17.2 Å². The van der Waals surface area contributed by atoms with Crippen LogP contribution in [0.2, 0.25) is 0 Å². The van der Waals surface area contributed by atoms with E-state index in [1.165, 1.54) is 21.3 Å². The number of rotatable bonds is 7. The molecule has 2 aromatic carbocycles. The molecule has 1 aliphatic rings. The molecule has 4 rings (SSSR count). The van der Waals surface area contributed by atoms with Gasteiger partial charge in [0.2, 0.25) is 11.7 Å². The lowest BCUT2D eigenvalue weighted by Crippen LogP contribution is -2.23. The van der Waals surface area contributed by atoms with Crippen molar-refractivity contribution in [2.45, 2.75) is 19.4 Å². The Balaban J connectivity index is 1.66. The molecular weight excluding hydrogens is 422 g/mol. The van der Waals surface area contributed by atoms with Crippen LogP contribution in [0, 0.1) is 0 Å². The van der Waals surface area contributed by atoms with Gasteiger partial charge in [0, 0.05) is 39.7 Å². The predicted molar refractivity (Wildman–Crippen MR) is 130 cm³/mol. The minimum Gasteiger partial charge on any atom is -0.493 e. The van der Waals surface area contributed by atoms with E-state index in [2.05, 4.69) is 28.0 Å². The number of aromatic nitrogens is 2. The van der Waals surface area contributed by atoms with Crippen LogP contribution in [-0.4, -0.2) is 62.7 Å². The molecule has 9 heteroatoms. The van der Waals surface area contributed by atoms with Crippen LogP contribution >= 0.6 is 0 Å². The summed E-state index contributed by atoms with van der Waals surface area (Å²) in [5, 5.41) is 0.311. The molecule has 0 amide bonds. The first kappa shape index (κ1) is 22.4. The molecule has 174 valence electrons. The second-order valence-corrected chi connectivity index (χ2v) is 8.01. The van der Waals surface area contributed by atoms with Gasteiger partial charge in [-0.05, 0) is 24.1 Å². The van der Waals surface area contributed by atoms with Gasteiger partial charge in [0.15, 0.2) is 11.5 Å². The summed E-state index contributed by atoms with van der Waals surface area (Å²) in [5.41, 5.74) is 2.13. The van der Waals surface area contributed by atoms with Crippen molar-refractivity contribution in [3.05, 3.63) is 46.2 Å². The van der Waals surface area contributed by atoms with E-state index >= 15 is 0 Å². The number of methoxy groups -OCH3 is 3. The quantitative estimate of drug-likeness (QED) is 0.589. The van der Waals surface area contributed by atoms with Gasteiger partial charge in [-0.1, -0.05) is 12.1 Å². The van der Waals surface area contributed by atoms with Crippen LogP contribution < -0.4 is 24.7 Å². The molecule has 1 aliphatic heterocycles. The maximum Gasteiger partial charge on any atom is 0.264 e. The van der Waals surface area contributed by atoms with Crippen molar-refractivity contribution in [1.82, 2.24) is 14.9 Å². The van der Waals surface area contributed by atoms with Crippen LogP contribution in [-0.2, 0) is 6.54 Å². The highest BCUT2D eigenvalue weighted by molar-refractivity contribution is 5.90. The fourth-order valence-corrected chi connectivity index (χ4v) is 4.10. The number of nitrogens with zero attached hydrogens (tertiary/aromatic N) is 4. The van der Waals surface area contributed by atoms with Gasteiger partial charge in [-0.25, -0.2) is 9.98 Å². The van der Waals surface area contributed by atoms with E-state index in [0.29, 0.717) is 40.6 Å². The average Bonchev–Trinajstić information content (AvgIpc) is 3.21. The first-order valence-electron chi connectivity index (χ1n) is 10.8. The summed E-state index contributed by atoms with van der Waals surface area (Å²) in [6.45, 7) is 1.59. The lowest BCUT2D eigenvalue weighted by atomic mass is 10.2. The third-order valence-electron chi connectivity index (χ3n) is 5.77. The number of fused-ring (bicyclic) bond motifs is 1. The Labute approximate surface area is 192 Å². The van der Waals surface area contributed by atoms with E-state index in [9.17, 15) is 4.79 Å². The van der Waals surface area contributed by atoms with Crippen LogP contribution in [0.1, 0.15) is 18.4 Å². The van der Waals surface area contributed by atoms with E-state index < -0.39 is 0 Å². The predicted octanol–water partition coefficient (Wildman–Crippen LogP) is 3.34. The maximum atomic E-state index is 13.0. The second kappa shape index (κ2) is 9.40. The Morgan fingerprint density at radius 2 is 1.94 bits per heavy atom. The topological polar surface area (TPSA) is 92.3 Å². The SMILES string of the molecule is COc1cc2nc(N(C)Cc3cccc(N=C4CCCN4C)c3)[nH]c(=O)c2c(OC)c1OC. The molecule has 0 bridgehead atoms. The molecule has 0 saturated carbocycles. The molecule has 33 heavy (non-hydrogen) atoms. The van der Waals surface area contributed by atoms with Crippen molar-refractivity contribution in [3.8, 4) is 17.2 Å². The summed E-state index contributed by atoms with van der Waals surface area (Å²) in [5.74, 6) is 2.64. The number of amidine groups is 1. The minimum atomic E-state index is -0.316. The number of H-pyrrole nitrogens is 1. The largest absolute Gasteiger partial charge is 0.493 e. The molecule has 0 aliphatic carbocycles. The Morgan fingerprint density at radius 3 is 2.61 bits per heavy atom. The summed E-state index contributed by atoms with van der Waals surface area (Å²) in [7, 11) is 8.47. The number of likely N-dealkylation sites (tertiary alicyclic amines) is 1. The van der Waals surface area contributed by atoms with E-state index in [1.54, 1.807) is 6.07 Å². The zero-order chi connectivity index (χ0) is 23.5. The molecule has 2 heterocycles. The first-order chi connectivity index (χ1) is 15.9. The molecule has 0 radical (unpaired) electrons. The molecule has 1 fully saturated rings. The molecule has 0 atom stereocenters. The summed E-state index contributed by atoms with van der Waals surface area (Å²) in [6.07, 6.45) is 2.14. The van der Waals surface area contributed by atoms with E-state index in [-0.39, 0.29) is 5.56 Å². The van der Waals surface area contributed by atoms with Crippen LogP contribution in [0.15, 0.2) is 40.1 Å². The van der Waals surface area contributed by atoms with Crippen LogP contribution in [0.25, 0.3) is 10.9 Å². The van der Waals surface area contributed by atoms with Crippen molar-refractivity contribution < 1.29 is 14.2 Å². The van der Waals surface area contributed by atoms with Crippen molar-refractivity contribution in [3.63, 3.8) is 0 Å². The molecular formula is C24H29N5O4. The first-order valence-corrected chi connectivity index (χ1v) is 10.8. The Bertz CT molecular complexity index is 1250. The minimum absolute atomic E-state index is 0.290.